The van der Waals surface area contributed by atoms with Gasteiger partial charge in [0, 0.05) is 28.9 Å². The highest BCUT2D eigenvalue weighted by molar-refractivity contribution is 7.91. The van der Waals surface area contributed by atoms with E-state index in [1.54, 1.807) is 35.7 Å². The van der Waals surface area contributed by atoms with E-state index in [4.69, 9.17) is 14.7 Å². The number of hydrogen-bond donors (Lipinski definition) is 2. The second-order valence-corrected chi connectivity index (χ2v) is 12.2. The lowest BCUT2D eigenvalue weighted by Gasteiger charge is -2.28. The molecular formula is C26H25N5O4S2. The van der Waals surface area contributed by atoms with Gasteiger partial charge in [0.05, 0.1) is 51.9 Å². The Labute approximate surface area is 217 Å². The summed E-state index contributed by atoms with van der Waals surface area (Å²) in [5.74, 6) is 1.13. The average Bonchev–Trinajstić information content (AvgIpc) is 3.55. The summed E-state index contributed by atoms with van der Waals surface area (Å²) in [5, 5.41) is 17.8. The molecule has 2 aromatic carbocycles. The van der Waals surface area contributed by atoms with Gasteiger partial charge in [0.2, 0.25) is 0 Å². The molecule has 3 aromatic heterocycles. The number of sulfone groups is 1. The van der Waals surface area contributed by atoms with Crippen LogP contribution in [0.3, 0.4) is 0 Å². The third-order valence-corrected chi connectivity index (χ3v) is 9.39. The minimum atomic E-state index is -3.61. The van der Waals surface area contributed by atoms with E-state index >= 15 is 0 Å². The molecule has 6 rings (SSSR count). The zero-order valence-corrected chi connectivity index (χ0v) is 21.7. The molecule has 2 N–H and O–H groups in total. The van der Waals surface area contributed by atoms with Crippen molar-refractivity contribution in [1.82, 2.24) is 20.2 Å². The number of nitrogens with zero attached hydrogens (tertiary/aromatic N) is 4. The van der Waals surface area contributed by atoms with Crippen LogP contribution in [0.5, 0.6) is 0 Å². The highest BCUT2D eigenvalue weighted by Crippen LogP contribution is 2.40. The summed E-state index contributed by atoms with van der Waals surface area (Å²) >= 11 is 1.54. The smallest absolute Gasteiger partial charge is 0.180 e. The number of benzene rings is 2. The molecule has 37 heavy (non-hydrogen) atoms. The summed E-state index contributed by atoms with van der Waals surface area (Å²) < 4.78 is 32.0. The Bertz CT molecular complexity index is 1700. The molecule has 11 heteroatoms. The molecule has 0 bridgehead atoms. The fourth-order valence-electron chi connectivity index (χ4n) is 4.59. The second kappa shape index (κ2) is 9.49. The number of morpholine rings is 1. The van der Waals surface area contributed by atoms with Gasteiger partial charge in [0.25, 0.3) is 0 Å². The van der Waals surface area contributed by atoms with Gasteiger partial charge in [-0.2, -0.15) is 5.10 Å². The van der Waals surface area contributed by atoms with Crippen LogP contribution >= 0.6 is 11.3 Å². The predicted octanol–water partition coefficient (Wildman–Crippen LogP) is 3.89. The monoisotopic (exact) mass is 535 g/mol. The summed E-state index contributed by atoms with van der Waals surface area (Å²) in [6.07, 6.45) is 0.840. The lowest BCUT2D eigenvalue weighted by molar-refractivity contribution is 0.122. The Balaban J connectivity index is 1.50. The number of H-pyrrole nitrogens is 1. The van der Waals surface area contributed by atoms with E-state index in [-0.39, 0.29) is 10.6 Å². The number of hydrogen-bond acceptors (Lipinski definition) is 9. The van der Waals surface area contributed by atoms with Crippen LogP contribution in [0.4, 0.5) is 5.82 Å². The third-order valence-electron chi connectivity index (χ3n) is 6.33. The quantitative estimate of drug-likeness (QED) is 0.336. The number of fused-ring (bicyclic) bond motifs is 2. The summed E-state index contributed by atoms with van der Waals surface area (Å²) in [7, 11) is -3.61. The summed E-state index contributed by atoms with van der Waals surface area (Å²) in [6, 6.07) is 14.8. The number of aromatic nitrogens is 4. The van der Waals surface area contributed by atoms with Gasteiger partial charge in [0.1, 0.15) is 0 Å². The zero-order chi connectivity index (χ0) is 25.6. The maximum Gasteiger partial charge on any atom is 0.180 e. The van der Waals surface area contributed by atoms with Crippen LogP contribution in [0.15, 0.2) is 59.6 Å². The van der Waals surface area contributed by atoms with Crippen molar-refractivity contribution in [1.29, 1.82) is 0 Å². The first-order valence-corrected chi connectivity index (χ1v) is 14.4. The SMILES string of the molecule is CC(O)CS(=O)(=O)c1cccc(-c2cc3nc(-c4cccc5[nH]ncc45)nc(N4CCOCC4)c3s2)c1. The largest absolute Gasteiger partial charge is 0.392 e. The van der Waals surface area contributed by atoms with Crippen molar-refractivity contribution in [2.75, 3.05) is 37.0 Å². The van der Waals surface area contributed by atoms with Crippen molar-refractivity contribution < 1.29 is 18.3 Å². The van der Waals surface area contributed by atoms with Crippen molar-refractivity contribution in [2.24, 2.45) is 0 Å². The van der Waals surface area contributed by atoms with Gasteiger partial charge >= 0.3 is 0 Å². The maximum absolute atomic E-state index is 12.7. The molecule has 0 spiro atoms. The molecule has 0 aliphatic carbocycles. The standard InChI is InChI=1S/C26H25N5O4S2/c1-16(32)15-37(33,34)18-5-2-4-17(12-18)23-13-22-24(36-23)26(31-8-10-35-11-9-31)29-25(28-22)19-6-3-7-21-20(19)14-27-30-21/h2-7,12-14,16,32H,8-11,15H2,1H3,(H,27,30). The fraction of sp³-hybridized carbons (Fsp3) is 0.269. The Kier molecular flexibility index (Phi) is 6.15. The molecule has 1 fully saturated rings. The number of nitrogens with one attached hydrogen (secondary N) is 1. The van der Waals surface area contributed by atoms with Gasteiger partial charge in [-0.3, -0.25) is 5.10 Å². The highest BCUT2D eigenvalue weighted by Gasteiger charge is 2.22. The van der Waals surface area contributed by atoms with Crippen molar-refractivity contribution >= 4 is 48.1 Å². The Morgan fingerprint density at radius 3 is 2.76 bits per heavy atom. The number of rotatable bonds is 6. The predicted molar refractivity (Wildman–Crippen MR) is 145 cm³/mol. The van der Waals surface area contributed by atoms with E-state index < -0.39 is 15.9 Å². The molecule has 190 valence electrons. The molecule has 4 heterocycles. The van der Waals surface area contributed by atoms with E-state index in [0.717, 1.165) is 56.0 Å². The van der Waals surface area contributed by atoms with Crippen LogP contribution in [0, 0.1) is 0 Å². The number of aliphatic hydroxyl groups is 1. The second-order valence-electron chi connectivity index (χ2n) is 9.09. The van der Waals surface area contributed by atoms with Gasteiger partial charge in [0.15, 0.2) is 21.5 Å². The molecule has 5 aromatic rings. The average molecular weight is 536 g/mol. The molecule has 0 saturated carbocycles. The van der Waals surface area contributed by atoms with E-state index in [2.05, 4.69) is 15.1 Å². The summed E-state index contributed by atoms with van der Waals surface area (Å²) in [6.45, 7) is 4.17. The van der Waals surface area contributed by atoms with E-state index in [0.29, 0.717) is 19.0 Å². The molecular weight excluding hydrogens is 510 g/mol. The Hall–Kier alpha value is -3.38. The number of aromatic amines is 1. The summed E-state index contributed by atoms with van der Waals surface area (Å²) in [5.41, 5.74) is 3.38. The maximum atomic E-state index is 12.7. The van der Waals surface area contributed by atoms with Gasteiger partial charge in [-0.25, -0.2) is 18.4 Å². The van der Waals surface area contributed by atoms with Gasteiger partial charge in [-0.15, -0.1) is 11.3 Å². The van der Waals surface area contributed by atoms with E-state index in [9.17, 15) is 13.5 Å². The minimum Gasteiger partial charge on any atom is -0.392 e. The molecule has 1 aliphatic rings. The zero-order valence-electron chi connectivity index (χ0n) is 20.1. The number of aliphatic hydroxyl groups excluding tert-OH is 1. The van der Waals surface area contributed by atoms with E-state index in [1.165, 1.54) is 6.92 Å². The van der Waals surface area contributed by atoms with Gasteiger partial charge in [-0.05, 0) is 36.8 Å². The molecule has 0 radical (unpaired) electrons. The number of thiophene rings is 1. The lowest BCUT2D eigenvalue weighted by Crippen LogP contribution is -2.36. The Morgan fingerprint density at radius 2 is 1.95 bits per heavy atom. The van der Waals surface area contributed by atoms with Crippen molar-refractivity contribution in [3.8, 4) is 21.8 Å². The molecule has 9 nitrogen and oxygen atoms in total. The van der Waals surface area contributed by atoms with Crippen LogP contribution in [-0.4, -0.2) is 71.8 Å². The topological polar surface area (TPSA) is 121 Å². The van der Waals surface area contributed by atoms with Crippen LogP contribution < -0.4 is 4.90 Å². The molecule has 0 amide bonds. The summed E-state index contributed by atoms with van der Waals surface area (Å²) in [4.78, 5) is 13.3. The Morgan fingerprint density at radius 1 is 1.14 bits per heavy atom. The van der Waals surface area contributed by atoms with Gasteiger partial charge < -0.3 is 14.7 Å². The highest BCUT2D eigenvalue weighted by atomic mass is 32.2. The first kappa shape index (κ1) is 24.0. The molecule has 1 atom stereocenters. The van der Waals surface area contributed by atoms with Crippen molar-refractivity contribution in [2.45, 2.75) is 17.9 Å². The van der Waals surface area contributed by atoms with Crippen LogP contribution in [0.25, 0.3) is 42.9 Å². The first-order valence-electron chi connectivity index (χ1n) is 12.0. The molecule has 1 saturated heterocycles. The first-order chi connectivity index (χ1) is 17.9. The molecule has 1 aliphatic heterocycles. The minimum absolute atomic E-state index is 0.190. The molecule has 1 unspecified atom stereocenters. The van der Waals surface area contributed by atoms with Crippen molar-refractivity contribution in [3.05, 3.63) is 54.7 Å². The fourth-order valence-corrected chi connectivity index (χ4v) is 7.12. The van der Waals surface area contributed by atoms with Crippen LogP contribution in [0.2, 0.25) is 0 Å². The van der Waals surface area contributed by atoms with Gasteiger partial charge in [-0.1, -0.05) is 24.3 Å². The van der Waals surface area contributed by atoms with Crippen LogP contribution in [-0.2, 0) is 14.6 Å². The lowest BCUT2D eigenvalue weighted by atomic mass is 10.1. The number of anilines is 1. The normalized spacial score (nSPS) is 15.5. The number of ether oxygens (including phenoxy) is 1. The van der Waals surface area contributed by atoms with Crippen molar-refractivity contribution in [3.63, 3.8) is 0 Å². The van der Waals surface area contributed by atoms with Crippen LogP contribution in [0.1, 0.15) is 6.92 Å². The van der Waals surface area contributed by atoms with E-state index in [1.807, 2.05) is 30.3 Å². The third kappa shape index (κ3) is 4.59.